The summed E-state index contributed by atoms with van der Waals surface area (Å²) in [6.45, 7) is 0. The molecule has 0 unspecified atom stereocenters. The largest absolute Gasteiger partial charge is 0.351 e. The summed E-state index contributed by atoms with van der Waals surface area (Å²) in [5.74, 6) is -0.403. The molecule has 0 atom stereocenters. The lowest BCUT2D eigenvalue weighted by Crippen LogP contribution is -2.19. The number of aromatic nitrogens is 3. The molecule has 3 amide bonds. The Morgan fingerprint density at radius 3 is 2.56 bits per heavy atom. The molecule has 0 saturated heterocycles. The first-order chi connectivity index (χ1) is 8.65. The number of rotatable bonds is 3. The van der Waals surface area contributed by atoms with Crippen molar-refractivity contribution in [1.82, 2.24) is 15.4 Å². The van der Waals surface area contributed by atoms with E-state index in [1.165, 1.54) is 6.20 Å². The average Bonchev–Trinajstić information content (AvgIpc) is 2.81. The van der Waals surface area contributed by atoms with Gasteiger partial charge in [-0.25, -0.2) is 4.79 Å². The van der Waals surface area contributed by atoms with Crippen molar-refractivity contribution in [3.63, 3.8) is 0 Å². The number of carbonyl (C=O) groups is 2. The quantitative estimate of drug-likeness (QED) is 0.630. The van der Waals surface area contributed by atoms with Gasteiger partial charge in [0.1, 0.15) is 0 Å². The van der Waals surface area contributed by atoms with Gasteiger partial charge >= 0.3 is 6.03 Å². The van der Waals surface area contributed by atoms with Crippen LogP contribution in [0.25, 0.3) is 0 Å². The smallest absolute Gasteiger partial charge is 0.316 e. The molecule has 0 spiro atoms. The molecule has 1 aromatic heterocycles. The standard InChI is InChI=1S/C10H10N6O2/c11-10(18)14-7-3-1-2-6(4-7)13-9(17)8-5-12-16-15-8/h1-5H,(H,13,17)(H3,11,14,18)(H,12,15,16). The topological polar surface area (TPSA) is 126 Å². The SMILES string of the molecule is NC(=O)Nc1cccc(NC(=O)c2cn[nH]n2)c1. The lowest BCUT2D eigenvalue weighted by molar-refractivity contribution is 0.102. The number of nitrogens with two attached hydrogens (primary N) is 1. The third kappa shape index (κ3) is 2.82. The second kappa shape index (κ2) is 4.95. The number of primary amides is 1. The molecule has 1 heterocycles. The Kier molecular flexibility index (Phi) is 3.19. The fourth-order valence-electron chi connectivity index (χ4n) is 1.32. The molecule has 8 heteroatoms. The third-order valence-electron chi connectivity index (χ3n) is 2.04. The van der Waals surface area contributed by atoms with Crippen LogP contribution >= 0.6 is 0 Å². The lowest BCUT2D eigenvalue weighted by atomic mass is 10.2. The summed E-state index contributed by atoms with van der Waals surface area (Å²) in [7, 11) is 0. The van der Waals surface area contributed by atoms with Gasteiger partial charge in [-0.1, -0.05) is 6.07 Å². The van der Waals surface area contributed by atoms with Gasteiger partial charge in [0.15, 0.2) is 5.69 Å². The van der Waals surface area contributed by atoms with Crippen molar-refractivity contribution in [2.75, 3.05) is 10.6 Å². The Balaban J connectivity index is 2.10. The van der Waals surface area contributed by atoms with Crippen LogP contribution in [-0.4, -0.2) is 27.3 Å². The molecule has 8 nitrogen and oxygen atoms in total. The number of hydrogen-bond acceptors (Lipinski definition) is 4. The van der Waals surface area contributed by atoms with Crippen molar-refractivity contribution in [1.29, 1.82) is 0 Å². The molecular weight excluding hydrogens is 236 g/mol. The minimum Gasteiger partial charge on any atom is -0.351 e. The number of hydrogen-bond donors (Lipinski definition) is 4. The van der Waals surface area contributed by atoms with Crippen LogP contribution in [0, 0.1) is 0 Å². The summed E-state index contributed by atoms with van der Waals surface area (Å²) in [5, 5.41) is 14.5. The highest BCUT2D eigenvalue weighted by Crippen LogP contribution is 2.15. The fourth-order valence-corrected chi connectivity index (χ4v) is 1.32. The van der Waals surface area contributed by atoms with E-state index in [1.54, 1.807) is 24.3 Å². The van der Waals surface area contributed by atoms with Crippen molar-refractivity contribution < 1.29 is 9.59 Å². The number of H-pyrrole nitrogens is 1. The first-order valence-electron chi connectivity index (χ1n) is 4.99. The Labute approximate surface area is 102 Å². The van der Waals surface area contributed by atoms with Crippen molar-refractivity contribution >= 4 is 23.3 Å². The van der Waals surface area contributed by atoms with E-state index in [-0.39, 0.29) is 5.69 Å². The molecule has 92 valence electrons. The maximum absolute atomic E-state index is 11.7. The van der Waals surface area contributed by atoms with Crippen LogP contribution in [0.1, 0.15) is 10.5 Å². The number of urea groups is 1. The maximum Gasteiger partial charge on any atom is 0.316 e. The van der Waals surface area contributed by atoms with Gasteiger partial charge in [-0.15, -0.1) is 0 Å². The normalized spacial score (nSPS) is 9.78. The number of aromatic amines is 1. The van der Waals surface area contributed by atoms with E-state index in [0.717, 1.165) is 0 Å². The van der Waals surface area contributed by atoms with E-state index in [9.17, 15) is 9.59 Å². The number of amides is 3. The molecule has 0 aliphatic carbocycles. The fraction of sp³-hybridized carbons (Fsp3) is 0. The van der Waals surface area contributed by atoms with Crippen LogP contribution < -0.4 is 16.4 Å². The van der Waals surface area contributed by atoms with Crippen molar-refractivity contribution in [3.8, 4) is 0 Å². The van der Waals surface area contributed by atoms with Gasteiger partial charge < -0.3 is 16.4 Å². The Bertz CT molecular complexity index is 566. The predicted octanol–water partition coefficient (Wildman–Crippen LogP) is 0.548. The molecule has 5 N–H and O–H groups in total. The van der Waals surface area contributed by atoms with Gasteiger partial charge in [0, 0.05) is 11.4 Å². The van der Waals surface area contributed by atoms with Crippen molar-refractivity contribution in [3.05, 3.63) is 36.2 Å². The van der Waals surface area contributed by atoms with Gasteiger partial charge in [0.05, 0.1) is 6.20 Å². The van der Waals surface area contributed by atoms with Crippen LogP contribution in [0.2, 0.25) is 0 Å². The van der Waals surface area contributed by atoms with Gasteiger partial charge in [0.2, 0.25) is 0 Å². The van der Waals surface area contributed by atoms with Crippen LogP contribution in [-0.2, 0) is 0 Å². The second-order valence-corrected chi connectivity index (χ2v) is 3.38. The zero-order chi connectivity index (χ0) is 13.0. The Morgan fingerprint density at radius 1 is 1.22 bits per heavy atom. The van der Waals surface area contributed by atoms with E-state index in [4.69, 9.17) is 5.73 Å². The minimum absolute atomic E-state index is 0.170. The molecule has 2 rings (SSSR count). The molecule has 0 fully saturated rings. The molecular formula is C10H10N6O2. The highest BCUT2D eigenvalue weighted by molar-refractivity contribution is 6.03. The van der Waals surface area contributed by atoms with E-state index < -0.39 is 11.9 Å². The molecule has 0 radical (unpaired) electrons. The van der Waals surface area contributed by atoms with E-state index in [2.05, 4.69) is 26.0 Å². The molecule has 0 aliphatic heterocycles. The van der Waals surface area contributed by atoms with Crippen LogP contribution in [0.5, 0.6) is 0 Å². The Morgan fingerprint density at radius 2 is 1.94 bits per heavy atom. The second-order valence-electron chi connectivity index (χ2n) is 3.38. The number of carbonyl (C=O) groups excluding carboxylic acids is 2. The molecule has 0 aliphatic rings. The zero-order valence-electron chi connectivity index (χ0n) is 9.18. The van der Waals surface area contributed by atoms with Gasteiger partial charge in [-0.05, 0) is 18.2 Å². The minimum atomic E-state index is -0.671. The summed E-state index contributed by atoms with van der Waals surface area (Å²) in [5.41, 5.74) is 6.16. The van der Waals surface area contributed by atoms with Crippen LogP contribution in [0.4, 0.5) is 16.2 Å². The van der Waals surface area contributed by atoms with Gasteiger partial charge in [-0.2, -0.15) is 15.4 Å². The number of nitrogens with zero attached hydrogens (tertiary/aromatic N) is 2. The van der Waals surface area contributed by atoms with Crippen LogP contribution in [0.3, 0.4) is 0 Å². The Hall–Kier alpha value is -2.90. The molecule has 1 aromatic carbocycles. The summed E-state index contributed by atoms with van der Waals surface area (Å²) >= 11 is 0. The van der Waals surface area contributed by atoms with E-state index in [1.807, 2.05) is 0 Å². The summed E-state index contributed by atoms with van der Waals surface area (Å²) in [6, 6.07) is 5.89. The number of anilines is 2. The first-order valence-corrected chi connectivity index (χ1v) is 4.99. The zero-order valence-corrected chi connectivity index (χ0v) is 9.18. The molecule has 18 heavy (non-hydrogen) atoms. The van der Waals surface area contributed by atoms with Crippen molar-refractivity contribution in [2.24, 2.45) is 5.73 Å². The highest BCUT2D eigenvalue weighted by Gasteiger charge is 2.09. The summed E-state index contributed by atoms with van der Waals surface area (Å²) in [6.07, 6.45) is 1.31. The highest BCUT2D eigenvalue weighted by atomic mass is 16.2. The molecule has 0 bridgehead atoms. The van der Waals surface area contributed by atoms with Crippen LogP contribution in [0.15, 0.2) is 30.5 Å². The van der Waals surface area contributed by atoms with Gasteiger partial charge in [0.25, 0.3) is 5.91 Å². The lowest BCUT2D eigenvalue weighted by Gasteiger charge is -2.06. The first kappa shape index (κ1) is 11.6. The number of benzene rings is 1. The van der Waals surface area contributed by atoms with E-state index in [0.29, 0.717) is 11.4 Å². The average molecular weight is 246 g/mol. The van der Waals surface area contributed by atoms with E-state index >= 15 is 0 Å². The molecule has 2 aromatic rings. The van der Waals surface area contributed by atoms with Gasteiger partial charge in [-0.3, -0.25) is 4.79 Å². The maximum atomic E-state index is 11.7. The summed E-state index contributed by atoms with van der Waals surface area (Å²) < 4.78 is 0. The number of nitrogens with one attached hydrogen (secondary N) is 3. The summed E-state index contributed by atoms with van der Waals surface area (Å²) in [4.78, 5) is 22.4. The monoisotopic (exact) mass is 246 g/mol. The van der Waals surface area contributed by atoms with Crippen molar-refractivity contribution in [2.45, 2.75) is 0 Å². The predicted molar refractivity (Wildman–Crippen MR) is 64.0 cm³/mol. The molecule has 0 saturated carbocycles. The third-order valence-corrected chi connectivity index (χ3v) is 2.04.